The summed E-state index contributed by atoms with van der Waals surface area (Å²) in [4.78, 5) is 14.9. The van der Waals surface area contributed by atoms with Crippen molar-refractivity contribution in [2.45, 2.75) is 6.92 Å². The Morgan fingerprint density at radius 2 is 2.33 bits per heavy atom. The number of aromatic nitrogens is 1. The van der Waals surface area contributed by atoms with Gasteiger partial charge in [0, 0.05) is 44.7 Å². The molecule has 2 nitrogen and oxygen atoms in total. The molecule has 0 atom stereocenters. The maximum atomic E-state index is 11.0. The van der Waals surface area contributed by atoms with Crippen molar-refractivity contribution >= 4 is 19.1 Å². The van der Waals surface area contributed by atoms with Crippen LogP contribution in [0.25, 0.3) is 0 Å². The van der Waals surface area contributed by atoms with E-state index in [9.17, 15) is 4.79 Å². The van der Waals surface area contributed by atoms with Gasteiger partial charge in [-0.05, 0) is 11.8 Å². The van der Waals surface area contributed by atoms with Crippen LogP contribution >= 0.6 is 0 Å². The van der Waals surface area contributed by atoms with Gasteiger partial charge >= 0.3 is 0 Å². The van der Waals surface area contributed by atoms with E-state index < -0.39 is 0 Å². The standard InChI is InChI=1S/C8H7BNO.Y/c1-2-7(11)8-6(9)4-3-5-10-8;/h2-5H,1H3;/q-1;. The van der Waals surface area contributed by atoms with E-state index in [0.29, 0.717) is 11.2 Å². The van der Waals surface area contributed by atoms with Crippen molar-refractivity contribution in [3.63, 3.8) is 0 Å². The van der Waals surface area contributed by atoms with E-state index in [1.165, 1.54) is 6.42 Å². The number of pyridine rings is 1. The minimum atomic E-state index is -0.136. The van der Waals surface area contributed by atoms with Crippen molar-refractivity contribution in [3.8, 4) is 0 Å². The van der Waals surface area contributed by atoms with E-state index in [2.05, 4.69) is 4.98 Å². The van der Waals surface area contributed by atoms with Gasteiger partial charge in [0.05, 0.1) is 7.85 Å². The topological polar surface area (TPSA) is 30.0 Å². The van der Waals surface area contributed by atoms with Crippen LogP contribution in [-0.4, -0.2) is 18.6 Å². The molecule has 12 heavy (non-hydrogen) atoms. The number of ketones is 1. The molecule has 0 bridgehead atoms. The van der Waals surface area contributed by atoms with Crippen molar-refractivity contribution in [1.82, 2.24) is 4.98 Å². The van der Waals surface area contributed by atoms with E-state index in [0.717, 1.165) is 0 Å². The summed E-state index contributed by atoms with van der Waals surface area (Å²) in [6.07, 6.45) is 2.99. The molecule has 0 saturated heterocycles. The van der Waals surface area contributed by atoms with Gasteiger partial charge in [0.2, 0.25) is 0 Å². The third kappa shape index (κ3) is 2.72. The molecule has 0 aliphatic heterocycles. The van der Waals surface area contributed by atoms with E-state index in [1.54, 1.807) is 25.3 Å². The summed E-state index contributed by atoms with van der Waals surface area (Å²) in [5, 5.41) is 0. The number of Topliss-reactive ketones (excluding diaryl/α,β-unsaturated/α-hetero) is 1. The van der Waals surface area contributed by atoms with Gasteiger partial charge in [0.25, 0.3) is 0 Å². The fourth-order valence-electron chi connectivity index (χ4n) is 0.760. The quantitative estimate of drug-likeness (QED) is 0.417. The fourth-order valence-corrected chi connectivity index (χ4v) is 0.760. The Hall–Kier alpha value is -0.141. The Morgan fingerprint density at radius 1 is 1.67 bits per heavy atom. The van der Waals surface area contributed by atoms with Gasteiger partial charge in [-0.3, -0.25) is 0 Å². The van der Waals surface area contributed by atoms with Crippen LogP contribution in [0.4, 0.5) is 0 Å². The minimum Gasteiger partial charge on any atom is -0.348 e. The SMILES string of the molecule is [B]c1cccnc1C(=O)[CH-]C.[Y]. The number of carbonyl (C=O) groups is 1. The molecule has 0 saturated carbocycles. The number of hydrogen-bond acceptors (Lipinski definition) is 2. The van der Waals surface area contributed by atoms with Gasteiger partial charge in [-0.1, -0.05) is 6.07 Å². The third-order valence-corrected chi connectivity index (χ3v) is 1.33. The van der Waals surface area contributed by atoms with Crippen LogP contribution in [0.1, 0.15) is 17.4 Å². The van der Waals surface area contributed by atoms with Crippen molar-refractivity contribution in [2.75, 3.05) is 0 Å². The molecule has 0 fully saturated rings. The Bertz CT molecular complexity index is 278. The molecule has 1 aromatic rings. The first-order valence-electron chi connectivity index (χ1n) is 3.30. The molecule has 4 heteroatoms. The summed E-state index contributed by atoms with van der Waals surface area (Å²) in [7, 11) is 5.49. The molecule has 0 aliphatic rings. The van der Waals surface area contributed by atoms with Crippen molar-refractivity contribution in [2.24, 2.45) is 0 Å². The van der Waals surface area contributed by atoms with Crippen molar-refractivity contribution in [3.05, 3.63) is 30.4 Å². The Kier molecular flexibility index (Phi) is 5.43. The van der Waals surface area contributed by atoms with Gasteiger partial charge in [-0.25, -0.2) is 0 Å². The maximum Gasteiger partial charge on any atom is 0.0892 e. The third-order valence-electron chi connectivity index (χ3n) is 1.33. The van der Waals surface area contributed by atoms with Crippen LogP contribution in [-0.2, 0) is 32.7 Å². The first-order chi connectivity index (χ1) is 5.25. The van der Waals surface area contributed by atoms with Crippen molar-refractivity contribution < 1.29 is 37.5 Å². The summed E-state index contributed by atoms with van der Waals surface area (Å²) in [5.74, 6) is -0.136. The molecule has 0 unspecified atom stereocenters. The van der Waals surface area contributed by atoms with Crippen LogP contribution in [0.15, 0.2) is 18.3 Å². The second kappa shape index (κ2) is 5.50. The zero-order chi connectivity index (χ0) is 8.27. The summed E-state index contributed by atoms with van der Waals surface area (Å²) in [6.45, 7) is 1.66. The largest absolute Gasteiger partial charge is 0.348 e. The number of nitrogens with zero attached hydrogens (tertiary/aromatic N) is 1. The van der Waals surface area contributed by atoms with E-state index >= 15 is 0 Å². The predicted octanol–water partition coefficient (Wildman–Crippen LogP) is 0.280. The molecule has 3 radical (unpaired) electrons. The van der Waals surface area contributed by atoms with Crippen LogP contribution in [0, 0.1) is 6.42 Å². The summed E-state index contributed by atoms with van der Waals surface area (Å²) >= 11 is 0. The molecule has 1 aromatic heterocycles. The van der Waals surface area contributed by atoms with Crippen molar-refractivity contribution in [1.29, 1.82) is 0 Å². The van der Waals surface area contributed by atoms with Crippen LogP contribution in [0.5, 0.6) is 0 Å². The molecular formula is C8H7BNOY-. The molecule has 0 N–H and O–H groups in total. The van der Waals surface area contributed by atoms with Crippen LogP contribution < -0.4 is 5.46 Å². The summed E-state index contributed by atoms with van der Waals surface area (Å²) in [6, 6.07) is 3.35. The minimum absolute atomic E-state index is 0. The van der Waals surface area contributed by atoms with Gasteiger partial charge < -0.3 is 9.78 Å². The fraction of sp³-hybridized carbons (Fsp3) is 0.125. The van der Waals surface area contributed by atoms with E-state index in [1.807, 2.05) is 0 Å². The summed E-state index contributed by atoms with van der Waals surface area (Å²) in [5.41, 5.74) is 0.755. The van der Waals surface area contributed by atoms with Gasteiger partial charge in [-0.2, -0.15) is 6.42 Å². The molecular weight excluding hydrogens is 226 g/mol. The molecule has 0 amide bonds. The first kappa shape index (κ1) is 11.9. The molecule has 0 aromatic carbocycles. The average Bonchev–Trinajstić information content (AvgIpc) is 2.04. The monoisotopic (exact) mass is 233 g/mol. The van der Waals surface area contributed by atoms with Gasteiger partial charge in [-0.15, -0.1) is 12.4 Å². The molecule has 0 spiro atoms. The first-order valence-corrected chi connectivity index (χ1v) is 3.30. The Balaban J connectivity index is 0.00000121. The predicted molar refractivity (Wildman–Crippen MR) is 43.9 cm³/mol. The summed E-state index contributed by atoms with van der Waals surface area (Å²) < 4.78 is 0. The molecule has 0 aliphatic carbocycles. The second-order valence-corrected chi connectivity index (χ2v) is 2.09. The molecule has 57 valence electrons. The number of rotatable bonds is 2. The van der Waals surface area contributed by atoms with E-state index in [4.69, 9.17) is 7.85 Å². The van der Waals surface area contributed by atoms with Gasteiger partial charge in [0.15, 0.2) is 0 Å². The molecule has 1 rings (SSSR count). The second-order valence-electron chi connectivity index (χ2n) is 2.09. The zero-order valence-electron chi connectivity index (χ0n) is 6.82. The Labute approximate surface area is 98.4 Å². The van der Waals surface area contributed by atoms with Crippen LogP contribution in [0.2, 0.25) is 0 Å². The normalized spacial score (nSPS) is 8.42. The Morgan fingerprint density at radius 3 is 2.83 bits per heavy atom. The van der Waals surface area contributed by atoms with E-state index in [-0.39, 0.29) is 38.5 Å². The zero-order valence-corrected chi connectivity index (χ0v) is 9.66. The smallest absolute Gasteiger partial charge is 0.0892 e. The van der Waals surface area contributed by atoms with Crippen LogP contribution in [0.3, 0.4) is 0 Å². The number of carbonyl (C=O) groups excluding carboxylic acids is 1. The molecule has 1 heterocycles. The average molecular weight is 233 g/mol. The number of hydrogen-bond donors (Lipinski definition) is 0. The van der Waals surface area contributed by atoms with Gasteiger partial charge in [0.1, 0.15) is 0 Å². The maximum absolute atomic E-state index is 11.0.